The second-order valence-electron chi connectivity index (χ2n) is 6.34. The summed E-state index contributed by atoms with van der Waals surface area (Å²) in [6, 6.07) is 18.1. The molecule has 1 unspecified atom stereocenters. The van der Waals surface area contributed by atoms with Crippen molar-refractivity contribution in [2.45, 2.75) is 23.9 Å². The van der Waals surface area contributed by atoms with E-state index in [1.807, 2.05) is 48.5 Å². The number of nitrogens with one attached hydrogen (secondary N) is 1. The maximum Gasteiger partial charge on any atom is 0.144 e. The average Bonchev–Trinajstić information content (AvgIpc) is 2.67. The van der Waals surface area contributed by atoms with Gasteiger partial charge in [-0.15, -0.1) is 0 Å². The van der Waals surface area contributed by atoms with Crippen LogP contribution in [-0.4, -0.2) is 18.2 Å². The maximum absolute atomic E-state index is 5.89. The zero-order chi connectivity index (χ0) is 18.2. The summed E-state index contributed by atoms with van der Waals surface area (Å²) < 4.78 is 11.0. The van der Waals surface area contributed by atoms with E-state index in [2.05, 4.69) is 45.5 Å². The van der Waals surface area contributed by atoms with Crippen molar-refractivity contribution < 1.29 is 9.47 Å². The van der Waals surface area contributed by atoms with Crippen molar-refractivity contribution in [3.05, 3.63) is 84.0 Å². The number of para-hydroxylation sites is 1. The van der Waals surface area contributed by atoms with Gasteiger partial charge in [-0.2, -0.15) is 0 Å². The minimum atomic E-state index is -0.347. The zero-order valence-electron chi connectivity index (χ0n) is 15.0. The van der Waals surface area contributed by atoms with Crippen LogP contribution < -0.4 is 10.1 Å². The highest BCUT2D eigenvalue weighted by Crippen LogP contribution is 2.33. The number of methoxy groups -OCH3 is 1. The Kier molecular flexibility index (Phi) is 6.67. The number of hydrogen-bond donors (Lipinski definition) is 1. The van der Waals surface area contributed by atoms with Crippen LogP contribution in [0.1, 0.15) is 18.4 Å². The highest BCUT2D eigenvalue weighted by molar-refractivity contribution is 9.10. The van der Waals surface area contributed by atoms with Gasteiger partial charge in [0.1, 0.15) is 16.0 Å². The van der Waals surface area contributed by atoms with Gasteiger partial charge in [-0.25, -0.2) is 0 Å². The van der Waals surface area contributed by atoms with Crippen LogP contribution in [0.5, 0.6) is 11.5 Å². The lowest BCUT2D eigenvalue weighted by Gasteiger charge is -2.26. The fourth-order valence-corrected chi connectivity index (χ4v) is 3.41. The topological polar surface area (TPSA) is 30.5 Å². The van der Waals surface area contributed by atoms with Crippen LogP contribution in [0.15, 0.2) is 78.4 Å². The minimum absolute atomic E-state index is 0.347. The Morgan fingerprint density at radius 2 is 1.88 bits per heavy atom. The van der Waals surface area contributed by atoms with Gasteiger partial charge in [0.25, 0.3) is 0 Å². The van der Waals surface area contributed by atoms with E-state index in [1.165, 1.54) is 11.1 Å². The second-order valence-corrected chi connectivity index (χ2v) is 7.68. The molecule has 1 N–H and O–H groups in total. The molecule has 1 atom stereocenters. The molecule has 0 amide bonds. The van der Waals surface area contributed by atoms with Gasteiger partial charge >= 0.3 is 0 Å². The number of ether oxygens (including phenoxy) is 2. The van der Waals surface area contributed by atoms with Gasteiger partial charge in [0.05, 0.1) is 0 Å². The summed E-state index contributed by atoms with van der Waals surface area (Å²) in [5.41, 5.74) is 2.59. The van der Waals surface area contributed by atoms with Crippen molar-refractivity contribution in [3.8, 4) is 11.5 Å². The molecule has 2 aromatic carbocycles. The predicted molar refractivity (Wildman–Crippen MR) is 110 cm³/mol. The summed E-state index contributed by atoms with van der Waals surface area (Å²) in [5, 5.41) is 3.51. The van der Waals surface area contributed by atoms with Gasteiger partial charge in [0.15, 0.2) is 0 Å². The standard InChI is InChI=1S/C22H24BrNO2/c1-25-22(23)13-6-8-18(16-22)12-14-24-17-19-7-5-11-21(15-19)26-20-9-3-2-4-10-20/h2-11,13,15,24H,12,14,16-17H2,1H3. The monoisotopic (exact) mass is 413 g/mol. The molecule has 0 bridgehead atoms. The Labute approximate surface area is 163 Å². The van der Waals surface area contributed by atoms with E-state index < -0.39 is 0 Å². The van der Waals surface area contributed by atoms with E-state index in [0.717, 1.165) is 37.4 Å². The summed E-state index contributed by atoms with van der Waals surface area (Å²) >= 11 is 3.63. The molecule has 136 valence electrons. The molecular formula is C22H24BrNO2. The summed E-state index contributed by atoms with van der Waals surface area (Å²) in [7, 11) is 1.73. The molecule has 26 heavy (non-hydrogen) atoms. The SMILES string of the molecule is COC1(Br)C=CC=C(CCNCc2cccc(Oc3ccccc3)c2)C1. The molecule has 3 rings (SSSR count). The van der Waals surface area contributed by atoms with E-state index in [4.69, 9.17) is 9.47 Å². The third kappa shape index (κ3) is 5.56. The number of halogens is 1. The fraction of sp³-hybridized carbons (Fsp3) is 0.273. The van der Waals surface area contributed by atoms with E-state index in [9.17, 15) is 0 Å². The van der Waals surface area contributed by atoms with Crippen LogP contribution in [0.4, 0.5) is 0 Å². The highest BCUT2D eigenvalue weighted by Gasteiger charge is 2.25. The van der Waals surface area contributed by atoms with Crippen LogP contribution in [0.25, 0.3) is 0 Å². The lowest BCUT2D eigenvalue weighted by atomic mass is 9.99. The Hall–Kier alpha value is -1.88. The third-order valence-corrected chi connectivity index (χ3v) is 5.18. The van der Waals surface area contributed by atoms with Crippen molar-refractivity contribution in [3.63, 3.8) is 0 Å². The first-order valence-electron chi connectivity index (χ1n) is 8.81. The normalized spacial score (nSPS) is 19.2. The highest BCUT2D eigenvalue weighted by atomic mass is 79.9. The van der Waals surface area contributed by atoms with Crippen molar-refractivity contribution in [1.29, 1.82) is 0 Å². The first kappa shape index (κ1) is 18.9. The summed E-state index contributed by atoms with van der Waals surface area (Å²) in [4.78, 5) is 0. The van der Waals surface area contributed by atoms with E-state index in [-0.39, 0.29) is 4.51 Å². The van der Waals surface area contributed by atoms with Crippen molar-refractivity contribution in [1.82, 2.24) is 5.32 Å². The number of benzene rings is 2. The van der Waals surface area contributed by atoms with Crippen LogP contribution in [0.2, 0.25) is 0 Å². The molecule has 0 aromatic heterocycles. The van der Waals surface area contributed by atoms with Crippen molar-refractivity contribution in [2.24, 2.45) is 0 Å². The third-order valence-electron chi connectivity index (χ3n) is 4.31. The van der Waals surface area contributed by atoms with Crippen LogP contribution in [-0.2, 0) is 11.3 Å². The molecule has 3 nitrogen and oxygen atoms in total. The van der Waals surface area contributed by atoms with Crippen LogP contribution in [0, 0.1) is 0 Å². The molecule has 1 aliphatic rings. The Bertz CT molecular complexity index is 773. The summed E-state index contributed by atoms with van der Waals surface area (Å²) in [6.45, 7) is 1.75. The van der Waals surface area contributed by atoms with Gasteiger partial charge in [-0.3, -0.25) is 0 Å². The molecular weight excluding hydrogens is 390 g/mol. The van der Waals surface area contributed by atoms with Gasteiger partial charge in [-0.05, 0) is 64.8 Å². The Balaban J connectivity index is 1.46. The first-order valence-corrected chi connectivity index (χ1v) is 9.60. The number of hydrogen-bond acceptors (Lipinski definition) is 3. The molecule has 4 heteroatoms. The fourth-order valence-electron chi connectivity index (χ4n) is 2.89. The van der Waals surface area contributed by atoms with Crippen LogP contribution in [0.3, 0.4) is 0 Å². The average molecular weight is 414 g/mol. The van der Waals surface area contributed by atoms with Gasteiger partial charge in [0.2, 0.25) is 0 Å². The number of allylic oxidation sites excluding steroid dienone is 2. The lowest BCUT2D eigenvalue weighted by molar-refractivity contribution is 0.116. The van der Waals surface area contributed by atoms with E-state index >= 15 is 0 Å². The Morgan fingerprint density at radius 3 is 2.69 bits per heavy atom. The molecule has 1 aliphatic carbocycles. The predicted octanol–water partition coefficient (Wildman–Crippen LogP) is 5.58. The smallest absolute Gasteiger partial charge is 0.144 e. The molecule has 0 aliphatic heterocycles. The van der Waals surface area contributed by atoms with Crippen molar-refractivity contribution >= 4 is 15.9 Å². The maximum atomic E-state index is 5.89. The molecule has 0 radical (unpaired) electrons. The van der Waals surface area contributed by atoms with Gasteiger partial charge in [-0.1, -0.05) is 48.1 Å². The molecule has 0 saturated heterocycles. The molecule has 0 fully saturated rings. The number of alkyl halides is 1. The zero-order valence-corrected chi connectivity index (χ0v) is 16.5. The molecule has 0 saturated carbocycles. The van der Waals surface area contributed by atoms with Gasteiger partial charge in [0, 0.05) is 20.1 Å². The first-order chi connectivity index (χ1) is 12.7. The molecule has 2 aromatic rings. The Morgan fingerprint density at radius 1 is 1.08 bits per heavy atom. The van der Waals surface area contributed by atoms with Crippen LogP contribution >= 0.6 is 15.9 Å². The summed E-state index contributed by atoms with van der Waals surface area (Å²) in [6.07, 6.45) is 8.15. The molecule has 0 spiro atoms. The van der Waals surface area contributed by atoms with E-state index in [1.54, 1.807) is 7.11 Å². The van der Waals surface area contributed by atoms with E-state index in [0.29, 0.717) is 0 Å². The molecule has 0 heterocycles. The summed E-state index contributed by atoms with van der Waals surface area (Å²) in [5.74, 6) is 1.71. The largest absolute Gasteiger partial charge is 0.457 e. The van der Waals surface area contributed by atoms with Gasteiger partial charge < -0.3 is 14.8 Å². The number of rotatable bonds is 8. The lowest BCUT2D eigenvalue weighted by Crippen LogP contribution is -2.24. The minimum Gasteiger partial charge on any atom is -0.457 e. The quantitative estimate of drug-likeness (QED) is 0.452. The second kappa shape index (κ2) is 9.17. The van der Waals surface area contributed by atoms with Crippen molar-refractivity contribution in [2.75, 3.05) is 13.7 Å².